The Labute approximate surface area is 140 Å². The first-order valence-electron chi connectivity index (χ1n) is 7.95. The molecule has 0 radical (unpaired) electrons. The van der Waals surface area contributed by atoms with E-state index in [2.05, 4.69) is 11.9 Å². The van der Waals surface area contributed by atoms with Crippen LogP contribution < -0.4 is 0 Å². The Hall–Kier alpha value is -2.66. The van der Waals surface area contributed by atoms with Gasteiger partial charge < -0.3 is 14.9 Å². The molecule has 0 spiro atoms. The fourth-order valence-corrected chi connectivity index (χ4v) is 2.89. The highest BCUT2D eigenvalue weighted by molar-refractivity contribution is 6.01. The van der Waals surface area contributed by atoms with Gasteiger partial charge in [0, 0.05) is 32.3 Å². The normalized spacial score (nSPS) is 16.0. The summed E-state index contributed by atoms with van der Waals surface area (Å²) in [6.45, 7) is 3.29. The number of hydrogen-bond donors (Lipinski definition) is 1. The molecule has 5 nitrogen and oxygen atoms in total. The number of phenolic OH excluding ortho intramolecular Hbond substituents is 1. The minimum atomic E-state index is -0.0222. The van der Waals surface area contributed by atoms with Crippen molar-refractivity contribution in [3.05, 3.63) is 47.5 Å². The molecule has 1 amide bonds. The minimum absolute atomic E-state index is 0.0162. The zero-order valence-corrected chi connectivity index (χ0v) is 13.6. The van der Waals surface area contributed by atoms with Gasteiger partial charge in [-0.3, -0.25) is 9.59 Å². The number of aldehydes is 1. The van der Waals surface area contributed by atoms with E-state index in [0.29, 0.717) is 11.7 Å². The fraction of sp³-hybridized carbons (Fsp3) is 0.263. The van der Waals surface area contributed by atoms with E-state index in [1.165, 1.54) is 6.07 Å². The van der Waals surface area contributed by atoms with Crippen molar-refractivity contribution >= 4 is 29.0 Å². The topological polar surface area (TPSA) is 60.9 Å². The molecule has 2 aromatic carbocycles. The number of amides is 1. The van der Waals surface area contributed by atoms with Crippen LogP contribution in [0.4, 0.5) is 0 Å². The number of nitrogens with zero attached hydrogens (tertiary/aromatic N) is 2. The number of phenols is 1. The van der Waals surface area contributed by atoms with Crippen molar-refractivity contribution < 1.29 is 14.7 Å². The molecule has 0 unspecified atom stereocenters. The first kappa shape index (κ1) is 16.2. The number of benzene rings is 2. The largest absolute Gasteiger partial charge is 0.507 e. The van der Waals surface area contributed by atoms with Crippen molar-refractivity contribution in [2.45, 2.75) is 0 Å². The Bertz CT molecular complexity index is 806. The highest BCUT2D eigenvalue weighted by atomic mass is 16.3. The van der Waals surface area contributed by atoms with Crippen molar-refractivity contribution in [1.29, 1.82) is 0 Å². The molecule has 0 bridgehead atoms. The highest BCUT2D eigenvalue weighted by Gasteiger charge is 2.16. The highest BCUT2D eigenvalue weighted by Crippen LogP contribution is 2.26. The van der Waals surface area contributed by atoms with Gasteiger partial charge in [0.2, 0.25) is 5.91 Å². The SMILES string of the molecule is CN1CCN(C(=O)C=Cc2ccc3c(C=O)c(O)ccc3c2)CC1. The minimum Gasteiger partial charge on any atom is -0.507 e. The third-order valence-corrected chi connectivity index (χ3v) is 4.41. The predicted octanol–water partition coefficient (Wildman–Crippen LogP) is 2.15. The van der Waals surface area contributed by atoms with Gasteiger partial charge in [-0.25, -0.2) is 0 Å². The number of likely N-dealkylation sites (N-methyl/N-ethyl adjacent to an activating group) is 1. The third-order valence-electron chi connectivity index (χ3n) is 4.41. The Balaban J connectivity index is 1.79. The van der Waals surface area contributed by atoms with E-state index in [-0.39, 0.29) is 17.2 Å². The zero-order valence-electron chi connectivity index (χ0n) is 13.6. The summed E-state index contributed by atoms with van der Waals surface area (Å²) < 4.78 is 0. The van der Waals surface area contributed by atoms with Crippen molar-refractivity contribution in [1.82, 2.24) is 9.80 Å². The standard InChI is InChI=1S/C19H20N2O3/c1-20-8-10-21(11-9-20)19(24)7-3-14-2-5-16-15(12-14)4-6-18(23)17(16)13-22/h2-7,12-13,23H,8-11H2,1H3. The molecule has 1 aliphatic rings. The van der Waals surface area contributed by atoms with E-state index in [1.54, 1.807) is 24.3 Å². The van der Waals surface area contributed by atoms with Crippen LogP contribution in [0, 0.1) is 0 Å². The molecular weight excluding hydrogens is 304 g/mol. The summed E-state index contributed by atoms with van der Waals surface area (Å²) in [6.07, 6.45) is 4.03. The lowest BCUT2D eigenvalue weighted by atomic mass is 10.0. The quantitative estimate of drug-likeness (QED) is 0.694. The summed E-state index contributed by atoms with van der Waals surface area (Å²) in [6, 6.07) is 8.79. The van der Waals surface area contributed by atoms with Crippen LogP contribution in [0.25, 0.3) is 16.8 Å². The average molecular weight is 324 g/mol. The van der Waals surface area contributed by atoms with E-state index in [1.807, 2.05) is 17.0 Å². The summed E-state index contributed by atoms with van der Waals surface area (Å²) in [5.74, 6) is -0.00600. The van der Waals surface area contributed by atoms with Crippen molar-refractivity contribution in [2.75, 3.05) is 33.2 Å². The van der Waals surface area contributed by atoms with Gasteiger partial charge in [0.05, 0.1) is 5.56 Å². The van der Waals surface area contributed by atoms with Gasteiger partial charge in [-0.05, 0) is 41.6 Å². The van der Waals surface area contributed by atoms with Gasteiger partial charge >= 0.3 is 0 Å². The molecule has 0 atom stereocenters. The van der Waals surface area contributed by atoms with Gasteiger partial charge in [-0.15, -0.1) is 0 Å². The molecule has 2 aromatic rings. The van der Waals surface area contributed by atoms with Gasteiger partial charge in [-0.1, -0.05) is 18.2 Å². The number of carbonyl (C=O) groups excluding carboxylic acids is 2. The molecule has 3 rings (SSSR count). The van der Waals surface area contributed by atoms with Crippen molar-refractivity contribution in [3.63, 3.8) is 0 Å². The second-order valence-electron chi connectivity index (χ2n) is 6.06. The van der Waals surface area contributed by atoms with E-state index in [0.717, 1.165) is 37.1 Å². The third kappa shape index (κ3) is 3.31. The van der Waals surface area contributed by atoms with Crippen LogP contribution in [0.5, 0.6) is 5.75 Å². The van der Waals surface area contributed by atoms with Crippen LogP contribution >= 0.6 is 0 Å². The lowest BCUT2D eigenvalue weighted by Gasteiger charge is -2.31. The predicted molar refractivity (Wildman–Crippen MR) is 94.1 cm³/mol. The lowest BCUT2D eigenvalue weighted by Crippen LogP contribution is -2.46. The molecular formula is C19H20N2O3. The Morgan fingerprint density at radius 1 is 1.12 bits per heavy atom. The molecule has 0 aromatic heterocycles. The van der Waals surface area contributed by atoms with Gasteiger partial charge in [0.1, 0.15) is 5.75 Å². The van der Waals surface area contributed by atoms with Crippen molar-refractivity contribution in [3.8, 4) is 5.75 Å². The number of rotatable bonds is 3. The number of aromatic hydroxyl groups is 1. The summed E-state index contributed by atoms with van der Waals surface area (Å²) >= 11 is 0. The van der Waals surface area contributed by atoms with Crippen LogP contribution in [-0.4, -0.2) is 60.3 Å². The molecule has 0 aliphatic carbocycles. The number of piperazine rings is 1. The number of fused-ring (bicyclic) bond motifs is 1. The maximum atomic E-state index is 12.2. The van der Waals surface area contributed by atoms with Crippen LogP contribution in [0.3, 0.4) is 0 Å². The summed E-state index contributed by atoms with van der Waals surface area (Å²) in [7, 11) is 2.05. The number of carbonyl (C=O) groups is 2. The second-order valence-corrected chi connectivity index (χ2v) is 6.06. The molecule has 1 fully saturated rings. The fourth-order valence-electron chi connectivity index (χ4n) is 2.89. The van der Waals surface area contributed by atoms with Crippen LogP contribution in [0.2, 0.25) is 0 Å². The van der Waals surface area contributed by atoms with Gasteiger partial charge in [0.25, 0.3) is 0 Å². The van der Waals surface area contributed by atoms with Gasteiger partial charge in [0.15, 0.2) is 6.29 Å². The number of hydrogen-bond acceptors (Lipinski definition) is 4. The van der Waals surface area contributed by atoms with E-state index in [9.17, 15) is 14.7 Å². The molecule has 5 heteroatoms. The van der Waals surface area contributed by atoms with Gasteiger partial charge in [-0.2, -0.15) is 0 Å². The molecule has 1 N–H and O–H groups in total. The summed E-state index contributed by atoms with van der Waals surface area (Å²) in [4.78, 5) is 27.4. The molecule has 1 heterocycles. The summed E-state index contributed by atoms with van der Waals surface area (Å²) in [5, 5.41) is 11.3. The van der Waals surface area contributed by atoms with Crippen LogP contribution in [0.15, 0.2) is 36.4 Å². The maximum absolute atomic E-state index is 12.2. The molecule has 124 valence electrons. The zero-order chi connectivity index (χ0) is 17.1. The summed E-state index contributed by atoms with van der Waals surface area (Å²) in [5.41, 5.74) is 1.17. The second kappa shape index (κ2) is 6.84. The Morgan fingerprint density at radius 2 is 1.88 bits per heavy atom. The molecule has 1 aliphatic heterocycles. The Morgan fingerprint density at radius 3 is 2.58 bits per heavy atom. The first-order valence-corrected chi connectivity index (χ1v) is 7.95. The van der Waals surface area contributed by atoms with Crippen LogP contribution in [-0.2, 0) is 4.79 Å². The molecule has 0 saturated carbocycles. The Kier molecular flexibility index (Phi) is 4.62. The molecule has 24 heavy (non-hydrogen) atoms. The van der Waals surface area contributed by atoms with E-state index < -0.39 is 0 Å². The van der Waals surface area contributed by atoms with E-state index >= 15 is 0 Å². The molecule has 1 saturated heterocycles. The maximum Gasteiger partial charge on any atom is 0.246 e. The lowest BCUT2D eigenvalue weighted by molar-refractivity contribution is -0.127. The van der Waals surface area contributed by atoms with E-state index in [4.69, 9.17) is 0 Å². The van der Waals surface area contributed by atoms with Crippen LogP contribution in [0.1, 0.15) is 15.9 Å². The monoisotopic (exact) mass is 324 g/mol. The first-order chi connectivity index (χ1) is 11.6. The average Bonchev–Trinajstić information content (AvgIpc) is 2.60. The van der Waals surface area contributed by atoms with Crippen molar-refractivity contribution in [2.24, 2.45) is 0 Å². The smallest absolute Gasteiger partial charge is 0.246 e.